The Morgan fingerprint density at radius 1 is 1.25 bits per heavy atom. The van der Waals surface area contributed by atoms with Gasteiger partial charge in [-0.15, -0.1) is 0 Å². The van der Waals surface area contributed by atoms with E-state index in [1.54, 1.807) is 0 Å². The van der Waals surface area contributed by atoms with E-state index in [0.29, 0.717) is 6.04 Å². The molecule has 2 bridgehead atoms. The zero-order chi connectivity index (χ0) is 11.4. The maximum absolute atomic E-state index is 11.9. The summed E-state index contributed by atoms with van der Waals surface area (Å²) in [6.07, 6.45) is 4.22. The first-order chi connectivity index (χ1) is 7.59. The van der Waals surface area contributed by atoms with Crippen molar-refractivity contribution in [3.63, 3.8) is 0 Å². The number of amides is 1. The third kappa shape index (κ3) is 1.41. The van der Waals surface area contributed by atoms with Crippen LogP contribution in [-0.4, -0.2) is 18.0 Å². The minimum atomic E-state index is -0.334. The van der Waals surface area contributed by atoms with E-state index in [1.807, 2.05) is 13.8 Å². The van der Waals surface area contributed by atoms with Gasteiger partial charge in [0.2, 0.25) is 5.91 Å². The van der Waals surface area contributed by atoms with E-state index in [1.165, 1.54) is 19.3 Å². The second-order valence-electron chi connectivity index (χ2n) is 6.29. The minimum absolute atomic E-state index is 0.0637. The smallest absolute Gasteiger partial charge is 0.237 e. The molecule has 16 heavy (non-hydrogen) atoms. The molecule has 0 aromatic carbocycles. The molecule has 3 rings (SSSR count). The molecule has 90 valence electrons. The van der Waals surface area contributed by atoms with Crippen molar-refractivity contribution in [3.05, 3.63) is 0 Å². The Morgan fingerprint density at radius 2 is 1.81 bits per heavy atom. The van der Waals surface area contributed by atoms with Crippen LogP contribution in [0.2, 0.25) is 0 Å². The average molecular weight is 222 g/mol. The standard InChI is InChI=1S/C13H22N2O/c1-6(2)11(14)13(16)15-12-9-7-3-4-8(5-7)10(9)12/h6-12H,3-5,14H2,1-2H3,(H,15,16)/t7?,8?,9?,10?,11-,12?/m1/s1. The summed E-state index contributed by atoms with van der Waals surface area (Å²) in [7, 11) is 0. The fourth-order valence-corrected chi connectivity index (χ4v) is 4.08. The van der Waals surface area contributed by atoms with Gasteiger partial charge in [-0.25, -0.2) is 0 Å². The second-order valence-corrected chi connectivity index (χ2v) is 6.29. The molecule has 5 atom stereocenters. The van der Waals surface area contributed by atoms with E-state index in [2.05, 4.69) is 5.32 Å². The molecule has 3 heteroatoms. The van der Waals surface area contributed by atoms with Gasteiger partial charge in [0.05, 0.1) is 6.04 Å². The van der Waals surface area contributed by atoms with E-state index in [0.717, 1.165) is 23.7 Å². The maximum atomic E-state index is 11.9. The first-order valence-corrected chi connectivity index (χ1v) is 6.65. The van der Waals surface area contributed by atoms with Gasteiger partial charge in [-0.3, -0.25) is 4.79 Å². The molecule has 0 saturated heterocycles. The van der Waals surface area contributed by atoms with Crippen LogP contribution in [0.25, 0.3) is 0 Å². The van der Waals surface area contributed by atoms with Gasteiger partial charge >= 0.3 is 0 Å². The van der Waals surface area contributed by atoms with E-state index < -0.39 is 0 Å². The molecule has 0 aromatic heterocycles. The summed E-state index contributed by atoms with van der Waals surface area (Å²) in [6.45, 7) is 4.00. The summed E-state index contributed by atoms with van der Waals surface area (Å²) < 4.78 is 0. The third-order valence-corrected chi connectivity index (χ3v) is 5.07. The van der Waals surface area contributed by atoms with Crippen molar-refractivity contribution >= 4 is 5.91 Å². The lowest BCUT2D eigenvalue weighted by Gasteiger charge is -2.17. The molecule has 0 spiro atoms. The quantitative estimate of drug-likeness (QED) is 0.752. The van der Waals surface area contributed by atoms with Crippen LogP contribution in [0.15, 0.2) is 0 Å². The predicted molar refractivity (Wildman–Crippen MR) is 62.6 cm³/mol. The van der Waals surface area contributed by atoms with Gasteiger partial charge in [0.25, 0.3) is 0 Å². The summed E-state index contributed by atoms with van der Waals surface area (Å²) in [5.41, 5.74) is 5.86. The number of rotatable bonds is 3. The highest BCUT2D eigenvalue weighted by Crippen LogP contribution is 2.65. The topological polar surface area (TPSA) is 55.1 Å². The lowest BCUT2D eigenvalue weighted by atomic mass is 10.0. The molecule has 3 nitrogen and oxygen atoms in total. The third-order valence-electron chi connectivity index (χ3n) is 5.07. The van der Waals surface area contributed by atoms with Gasteiger partial charge in [0.15, 0.2) is 0 Å². The largest absolute Gasteiger partial charge is 0.351 e. The van der Waals surface area contributed by atoms with Crippen molar-refractivity contribution in [1.82, 2.24) is 5.32 Å². The molecule has 0 heterocycles. The lowest BCUT2D eigenvalue weighted by Crippen LogP contribution is -2.45. The Bertz CT molecular complexity index is 299. The van der Waals surface area contributed by atoms with Crippen LogP contribution in [-0.2, 0) is 4.79 Å². The minimum Gasteiger partial charge on any atom is -0.351 e. The maximum Gasteiger partial charge on any atom is 0.237 e. The molecular weight excluding hydrogens is 200 g/mol. The highest BCUT2D eigenvalue weighted by Gasteiger charge is 2.65. The lowest BCUT2D eigenvalue weighted by molar-refractivity contribution is -0.123. The zero-order valence-electron chi connectivity index (χ0n) is 10.1. The van der Waals surface area contributed by atoms with Crippen LogP contribution in [0.3, 0.4) is 0 Å². The SMILES string of the molecule is CC(C)[C@@H](N)C(=O)NC1C2C3CCC(C3)C12. The van der Waals surface area contributed by atoms with Crippen molar-refractivity contribution in [3.8, 4) is 0 Å². The van der Waals surface area contributed by atoms with E-state index in [4.69, 9.17) is 5.73 Å². The first-order valence-electron chi connectivity index (χ1n) is 6.65. The number of nitrogens with one attached hydrogen (secondary N) is 1. The Kier molecular flexibility index (Phi) is 2.29. The molecule has 1 amide bonds. The molecule has 4 unspecified atom stereocenters. The molecule has 3 N–H and O–H groups in total. The van der Waals surface area contributed by atoms with Crippen molar-refractivity contribution in [2.75, 3.05) is 0 Å². The summed E-state index contributed by atoms with van der Waals surface area (Å²) >= 11 is 0. The molecule has 0 radical (unpaired) electrons. The summed E-state index contributed by atoms with van der Waals surface area (Å²) in [5.74, 6) is 3.74. The van der Waals surface area contributed by atoms with Gasteiger partial charge in [0.1, 0.15) is 0 Å². The Labute approximate surface area is 97.2 Å². The highest BCUT2D eigenvalue weighted by molar-refractivity contribution is 5.82. The van der Waals surface area contributed by atoms with Crippen LogP contribution < -0.4 is 11.1 Å². The molecule has 3 aliphatic carbocycles. The monoisotopic (exact) mass is 222 g/mol. The van der Waals surface area contributed by atoms with Crippen LogP contribution in [0.4, 0.5) is 0 Å². The van der Waals surface area contributed by atoms with Gasteiger partial charge in [-0.2, -0.15) is 0 Å². The fourth-order valence-electron chi connectivity index (χ4n) is 4.08. The Hall–Kier alpha value is -0.570. The molecule has 3 aliphatic rings. The fraction of sp³-hybridized carbons (Fsp3) is 0.923. The number of hydrogen-bond donors (Lipinski definition) is 2. The molecular formula is C13H22N2O. The zero-order valence-corrected chi connectivity index (χ0v) is 10.1. The van der Waals surface area contributed by atoms with Crippen LogP contribution >= 0.6 is 0 Å². The Balaban J connectivity index is 1.57. The number of fused-ring (bicyclic) bond motifs is 5. The van der Waals surface area contributed by atoms with Crippen molar-refractivity contribution in [2.45, 2.75) is 45.2 Å². The summed E-state index contributed by atoms with van der Waals surface area (Å²) in [5, 5.41) is 3.17. The van der Waals surface area contributed by atoms with Crippen LogP contribution in [0.1, 0.15) is 33.1 Å². The molecule has 3 fully saturated rings. The predicted octanol–water partition coefficient (Wildman–Crippen LogP) is 1.13. The molecule has 3 saturated carbocycles. The molecule has 0 aromatic rings. The van der Waals surface area contributed by atoms with E-state index in [9.17, 15) is 4.79 Å². The van der Waals surface area contributed by atoms with Crippen molar-refractivity contribution in [2.24, 2.45) is 35.3 Å². The number of nitrogens with two attached hydrogens (primary N) is 1. The van der Waals surface area contributed by atoms with Crippen LogP contribution in [0.5, 0.6) is 0 Å². The van der Waals surface area contributed by atoms with Crippen LogP contribution in [0, 0.1) is 29.6 Å². The first kappa shape index (κ1) is 10.6. The molecule has 0 aliphatic heterocycles. The van der Waals surface area contributed by atoms with E-state index >= 15 is 0 Å². The van der Waals surface area contributed by atoms with Gasteiger partial charge in [-0.1, -0.05) is 13.8 Å². The number of carbonyl (C=O) groups is 1. The summed E-state index contributed by atoms with van der Waals surface area (Å²) in [4.78, 5) is 11.9. The second kappa shape index (κ2) is 3.46. The highest BCUT2D eigenvalue weighted by atomic mass is 16.2. The average Bonchev–Trinajstić information content (AvgIpc) is 2.67. The summed E-state index contributed by atoms with van der Waals surface area (Å²) in [6, 6.07) is 0.141. The van der Waals surface area contributed by atoms with Crippen molar-refractivity contribution in [1.29, 1.82) is 0 Å². The number of carbonyl (C=O) groups excluding carboxylic acids is 1. The van der Waals surface area contributed by atoms with Gasteiger partial charge < -0.3 is 11.1 Å². The van der Waals surface area contributed by atoms with Crippen molar-refractivity contribution < 1.29 is 4.79 Å². The van der Waals surface area contributed by atoms with Gasteiger partial charge in [0, 0.05) is 6.04 Å². The Morgan fingerprint density at radius 3 is 2.31 bits per heavy atom. The van der Waals surface area contributed by atoms with E-state index in [-0.39, 0.29) is 17.9 Å². The number of hydrogen-bond acceptors (Lipinski definition) is 2. The normalized spacial score (nSPS) is 45.6. The van der Waals surface area contributed by atoms with Gasteiger partial charge in [-0.05, 0) is 48.9 Å².